The number of benzene rings is 1. The predicted molar refractivity (Wildman–Crippen MR) is 60.4 cm³/mol. The maximum atomic E-state index is 9.41. The highest BCUT2D eigenvalue weighted by molar-refractivity contribution is 5.14. The highest BCUT2D eigenvalue weighted by Crippen LogP contribution is 1.98. The third-order valence-corrected chi connectivity index (χ3v) is 2.16. The lowest BCUT2D eigenvalue weighted by atomic mass is 10.2. The lowest BCUT2D eigenvalue weighted by Gasteiger charge is -2.14. The van der Waals surface area contributed by atoms with Crippen LogP contribution >= 0.6 is 0 Å². The van der Waals surface area contributed by atoms with Crippen LogP contribution in [0.5, 0.6) is 0 Å². The molecule has 0 saturated carbocycles. The second kappa shape index (κ2) is 6.35. The third kappa shape index (κ3) is 4.25. The van der Waals surface area contributed by atoms with Crippen LogP contribution in [-0.2, 0) is 6.54 Å². The van der Waals surface area contributed by atoms with Crippen molar-refractivity contribution in [3.8, 4) is 0 Å². The number of hydrogen-bond acceptors (Lipinski definition) is 3. The molecular formula is C12H17NO2. The lowest BCUT2D eigenvalue weighted by molar-refractivity contribution is 0.0491. The van der Waals surface area contributed by atoms with Gasteiger partial charge in [-0.2, -0.15) is 0 Å². The number of hydrogen-bond donors (Lipinski definition) is 3. The number of aliphatic hydroxyl groups excluding tert-OH is 2. The zero-order chi connectivity index (χ0) is 11.1. The van der Waals surface area contributed by atoms with E-state index in [0.29, 0.717) is 13.1 Å². The summed E-state index contributed by atoms with van der Waals surface area (Å²) >= 11 is 0. The Bertz CT molecular complexity index is 287. The molecule has 1 aromatic rings. The molecule has 2 atom stereocenters. The van der Waals surface area contributed by atoms with Crippen molar-refractivity contribution in [1.82, 2.24) is 5.32 Å². The van der Waals surface area contributed by atoms with Crippen LogP contribution < -0.4 is 5.32 Å². The standard InChI is InChI=1S/C12H17NO2/c1-2-11(14)12(15)9-13-8-10-6-4-3-5-7-10/h2-7,11-15H,1,8-9H2/t11-,12+/m0/s1. The normalized spacial score (nSPS) is 14.5. The molecule has 0 saturated heterocycles. The van der Waals surface area contributed by atoms with Crippen LogP contribution in [0.4, 0.5) is 0 Å². The summed E-state index contributed by atoms with van der Waals surface area (Å²) < 4.78 is 0. The Morgan fingerprint density at radius 1 is 1.27 bits per heavy atom. The molecule has 0 aliphatic heterocycles. The minimum atomic E-state index is -0.867. The van der Waals surface area contributed by atoms with Gasteiger partial charge in [-0.1, -0.05) is 36.4 Å². The van der Waals surface area contributed by atoms with Crippen LogP contribution in [-0.4, -0.2) is 29.0 Å². The Hall–Kier alpha value is -1.16. The van der Waals surface area contributed by atoms with Crippen molar-refractivity contribution in [3.63, 3.8) is 0 Å². The zero-order valence-corrected chi connectivity index (χ0v) is 8.63. The van der Waals surface area contributed by atoms with Gasteiger partial charge in [-0.05, 0) is 5.56 Å². The average molecular weight is 207 g/mol. The molecule has 0 spiro atoms. The molecule has 3 nitrogen and oxygen atoms in total. The quantitative estimate of drug-likeness (QED) is 0.601. The Labute approximate surface area is 90.1 Å². The Kier molecular flexibility index (Phi) is 5.04. The summed E-state index contributed by atoms with van der Waals surface area (Å²) in [6, 6.07) is 9.89. The van der Waals surface area contributed by atoms with Crippen molar-refractivity contribution in [2.45, 2.75) is 18.8 Å². The van der Waals surface area contributed by atoms with Gasteiger partial charge in [-0.15, -0.1) is 6.58 Å². The summed E-state index contributed by atoms with van der Waals surface area (Å²) in [4.78, 5) is 0. The van der Waals surface area contributed by atoms with Crippen molar-refractivity contribution in [2.75, 3.05) is 6.54 Å². The highest BCUT2D eigenvalue weighted by Gasteiger charge is 2.11. The first-order valence-corrected chi connectivity index (χ1v) is 4.97. The summed E-state index contributed by atoms with van der Waals surface area (Å²) in [6.45, 7) is 4.44. The summed E-state index contributed by atoms with van der Waals surface area (Å²) in [5.41, 5.74) is 1.15. The van der Waals surface area contributed by atoms with Crippen molar-refractivity contribution in [2.24, 2.45) is 0 Å². The van der Waals surface area contributed by atoms with Gasteiger partial charge in [0.1, 0.15) is 0 Å². The summed E-state index contributed by atoms with van der Waals surface area (Å²) in [5, 5.41) is 21.7. The monoisotopic (exact) mass is 207 g/mol. The topological polar surface area (TPSA) is 52.5 Å². The van der Waals surface area contributed by atoms with E-state index in [0.717, 1.165) is 5.56 Å². The molecule has 0 fully saturated rings. The van der Waals surface area contributed by atoms with Gasteiger partial charge in [-0.3, -0.25) is 0 Å². The number of aliphatic hydroxyl groups is 2. The SMILES string of the molecule is C=C[C@H](O)[C@H](O)CNCc1ccccc1. The zero-order valence-electron chi connectivity index (χ0n) is 8.63. The number of nitrogens with one attached hydrogen (secondary N) is 1. The summed E-state index contributed by atoms with van der Waals surface area (Å²) in [7, 11) is 0. The van der Waals surface area contributed by atoms with Crippen LogP contribution in [0.1, 0.15) is 5.56 Å². The van der Waals surface area contributed by atoms with Crippen LogP contribution in [0.25, 0.3) is 0 Å². The fourth-order valence-electron chi connectivity index (χ4n) is 1.24. The van der Waals surface area contributed by atoms with Crippen LogP contribution in [0.15, 0.2) is 43.0 Å². The minimum absolute atomic E-state index is 0.349. The molecule has 3 heteroatoms. The first-order valence-electron chi connectivity index (χ1n) is 4.97. The smallest absolute Gasteiger partial charge is 0.0989 e. The van der Waals surface area contributed by atoms with Gasteiger partial charge in [-0.25, -0.2) is 0 Å². The molecule has 82 valence electrons. The molecule has 0 aliphatic rings. The second-order valence-corrected chi connectivity index (χ2v) is 3.41. The molecule has 15 heavy (non-hydrogen) atoms. The molecule has 0 unspecified atom stereocenters. The molecule has 1 aromatic carbocycles. The first-order chi connectivity index (χ1) is 7.24. The van der Waals surface area contributed by atoms with Crippen molar-refractivity contribution in [3.05, 3.63) is 48.6 Å². The third-order valence-electron chi connectivity index (χ3n) is 2.16. The van der Waals surface area contributed by atoms with E-state index in [1.54, 1.807) is 0 Å². The van der Waals surface area contributed by atoms with Gasteiger partial charge in [0.05, 0.1) is 12.2 Å². The van der Waals surface area contributed by atoms with Gasteiger partial charge in [0.2, 0.25) is 0 Å². The van der Waals surface area contributed by atoms with E-state index in [4.69, 9.17) is 0 Å². The van der Waals surface area contributed by atoms with Gasteiger partial charge < -0.3 is 15.5 Å². The van der Waals surface area contributed by atoms with Crippen LogP contribution in [0.3, 0.4) is 0 Å². The van der Waals surface area contributed by atoms with Gasteiger partial charge in [0.25, 0.3) is 0 Å². The maximum absolute atomic E-state index is 9.41. The van der Waals surface area contributed by atoms with Crippen LogP contribution in [0, 0.1) is 0 Å². The molecule has 3 N–H and O–H groups in total. The Balaban J connectivity index is 2.25. The van der Waals surface area contributed by atoms with E-state index in [1.807, 2.05) is 30.3 Å². The van der Waals surface area contributed by atoms with Crippen LogP contribution in [0.2, 0.25) is 0 Å². The maximum Gasteiger partial charge on any atom is 0.0989 e. The molecule has 0 amide bonds. The lowest BCUT2D eigenvalue weighted by Crippen LogP contribution is -2.34. The van der Waals surface area contributed by atoms with Gasteiger partial charge >= 0.3 is 0 Å². The van der Waals surface area contributed by atoms with Gasteiger partial charge in [0, 0.05) is 13.1 Å². The predicted octanol–water partition coefficient (Wildman–Crippen LogP) is 0.684. The molecule has 0 aromatic heterocycles. The summed E-state index contributed by atoms with van der Waals surface area (Å²) in [6.07, 6.45) is -0.339. The van der Waals surface area contributed by atoms with E-state index in [9.17, 15) is 10.2 Å². The van der Waals surface area contributed by atoms with E-state index < -0.39 is 12.2 Å². The average Bonchev–Trinajstić information content (AvgIpc) is 2.29. The number of rotatable bonds is 6. The second-order valence-electron chi connectivity index (χ2n) is 3.41. The summed E-state index contributed by atoms with van der Waals surface area (Å²) in [5.74, 6) is 0. The molecule has 0 radical (unpaired) electrons. The van der Waals surface area contributed by atoms with E-state index in [2.05, 4.69) is 11.9 Å². The molecule has 0 aliphatic carbocycles. The Morgan fingerprint density at radius 2 is 1.93 bits per heavy atom. The minimum Gasteiger partial charge on any atom is -0.389 e. The Morgan fingerprint density at radius 3 is 2.53 bits per heavy atom. The molecular weight excluding hydrogens is 190 g/mol. The van der Waals surface area contributed by atoms with E-state index in [-0.39, 0.29) is 0 Å². The molecule has 1 rings (SSSR count). The fraction of sp³-hybridized carbons (Fsp3) is 0.333. The fourth-order valence-corrected chi connectivity index (χ4v) is 1.24. The largest absolute Gasteiger partial charge is 0.389 e. The van der Waals surface area contributed by atoms with E-state index in [1.165, 1.54) is 6.08 Å². The molecule has 0 heterocycles. The molecule has 0 bridgehead atoms. The highest BCUT2D eigenvalue weighted by atomic mass is 16.3. The first kappa shape index (κ1) is 11.9. The van der Waals surface area contributed by atoms with Gasteiger partial charge in [0.15, 0.2) is 0 Å². The van der Waals surface area contributed by atoms with Crippen molar-refractivity contribution >= 4 is 0 Å². The van der Waals surface area contributed by atoms with Crippen molar-refractivity contribution < 1.29 is 10.2 Å². The van der Waals surface area contributed by atoms with E-state index >= 15 is 0 Å². The van der Waals surface area contributed by atoms with Crippen molar-refractivity contribution in [1.29, 1.82) is 0 Å².